The first-order valence-corrected chi connectivity index (χ1v) is 7.42. The summed E-state index contributed by atoms with van der Waals surface area (Å²) in [6.45, 7) is 3.76. The summed E-state index contributed by atoms with van der Waals surface area (Å²) in [5.74, 6) is 0.683. The Balaban J connectivity index is 1.92. The van der Waals surface area contributed by atoms with Gasteiger partial charge in [0, 0.05) is 6.42 Å². The summed E-state index contributed by atoms with van der Waals surface area (Å²) in [5, 5.41) is 0. The van der Waals surface area contributed by atoms with Crippen LogP contribution in [0.5, 0.6) is 0 Å². The maximum absolute atomic E-state index is 12.0. The second kappa shape index (κ2) is 7.59. The van der Waals surface area contributed by atoms with E-state index in [0.717, 1.165) is 5.56 Å². The minimum absolute atomic E-state index is 0.0908. The summed E-state index contributed by atoms with van der Waals surface area (Å²) in [7, 11) is 0. The number of benzene rings is 1. The van der Waals surface area contributed by atoms with Gasteiger partial charge in [-0.25, -0.2) is 4.79 Å². The van der Waals surface area contributed by atoms with Crippen molar-refractivity contribution in [1.82, 2.24) is 0 Å². The number of Topliss-reactive ketones (excluding diaryl/α,β-unsaturated/α-hetero) is 1. The topological polar surface area (TPSA) is 56.5 Å². The first-order chi connectivity index (χ1) is 10.6. The van der Waals surface area contributed by atoms with Crippen LogP contribution in [0.1, 0.15) is 40.8 Å². The van der Waals surface area contributed by atoms with E-state index in [2.05, 4.69) is 0 Å². The van der Waals surface area contributed by atoms with Crippen LogP contribution in [-0.2, 0) is 22.4 Å². The molecule has 1 aromatic heterocycles. The Morgan fingerprint density at radius 2 is 1.91 bits per heavy atom. The number of ketones is 1. The zero-order chi connectivity index (χ0) is 15.9. The number of hydrogen-bond donors (Lipinski definition) is 0. The van der Waals surface area contributed by atoms with Crippen molar-refractivity contribution in [3.63, 3.8) is 0 Å². The van der Waals surface area contributed by atoms with E-state index in [-0.39, 0.29) is 12.2 Å². The van der Waals surface area contributed by atoms with Crippen LogP contribution < -0.4 is 0 Å². The van der Waals surface area contributed by atoms with E-state index in [1.165, 1.54) is 0 Å². The highest BCUT2D eigenvalue weighted by atomic mass is 16.5. The van der Waals surface area contributed by atoms with Crippen LogP contribution in [0.4, 0.5) is 0 Å². The van der Waals surface area contributed by atoms with E-state index in [4.69, 9.17) is 9.15 Å². The molecule has 0 atom stereocenters. The van der Waals surface area contributed by atoms with E-state index < -0.39 is 5.97 Å². The highest BCUT2D eigenvalue weighted by molar-refractivity contribution is 5.91. The molecule has 1 aromatic carbocycles. The molecule has 0 unspecified atom stereocenters. The van der Waals surface area contributed by atoms with Crippen molar-refractivity contribution in [2.45, 2.75) is 33.1 Å². The zero-order valence-electron chi connectivity index (χ0n) is 12.9. The molecule has 116 valence electrons. The predicted molar refractivity (Wildman–Crippen MR) is 82.9 cm³/mol. The molecule has 0 bridgehead atoms. The molecule has 0 saturated carbocycles. The Hall–Kier alpha value is -2.36. The van der Waals surface area contributed by atoms with Gasteiger partial charge in [0.15, 0.2) is 0 Å². The SMILES string of the molecule is CCOC(=O)c1cc(CC(=O)CCc2ccccc2)oc1C. The fourth-order valence-electron chi connectivity index (χ4n) is 2.25. The molecule has 2 aromatic rings. The van der Waals surface area contributed by atoms with Crippen molar-refractivity contribution in [3.05, 3.63) is 59.0 Å². The van der Waals surface area contributed by atoms with Crippen molar-refractivity contribution in [2.75, 3.05) is 6.61 Å². The van der Waals surface area contributed by atoms with Crippen LogP contribution in [-0.4, -0.2) is 18.4 Å². The molecule has 0 radical (unpaired) electrons. The third-order valence-electron chi connectivity index (χ3n) is 3.37. The van der Waals surface area contributed by atoms with Gasteiger partial charge in [-0.05, 0) is 31.9 Å². The summed E-state index contributed by atoms with van der Waals surface area (Å²) in [5.41, 5.74) is 1.53. The van der Waals surface area contributed by atoms with Crippen molar-refractivity contribution < 1.29 is 18.7 Å². The molecule has 1 heterocycles. The molecule has 2 rings (SSSR count). The van der Waals surface area contributed by atoms with Gasteiger partial charge in [-0.2, -0.15) is 0 Å². The van der Waals surface area contributed by atoms with Gasteiger partial charge in [-0.1, -0.05) is 30.3 Å². The van der Waals surface area contributed by atoms with Crippen molar-refractivity contribution in [2.24, 2.45) is 0 Å². The quantitative estimate of drug-likeness (QED) is 0.734. The maximum Gasteiger partial charge on any atom is 0.341 e. The van der Waals surface area contributed by atoms with E-state index in [9.17, 15) is 9.59 Å². The molecule has 0 N–H and O–H groups in total. The van der Waals surface area contributed by atoms with E-state index in [0.29, 0.717) is 36.5 Å². The second-order valence-electron chi connectivity index (χ2n) is 5.10. The monoisotopic (exact) mass is 300 g/mol. The number of rotatable bonds is 7. The Morgan fingerprint density at radius 1 is 1.18 bits per heavy atom. The molecule has 4 heteroatoms. The minimum Gasteiger partial charge on any atom is -0.465 e. The molecule has 0 aliphatic heterocycles. The van der Waals surface area contributed by atoms with Gasteiger partial charge in [0.2, 0.25) is 0 Å². The van der Waals surface area contributed by atoms with Crippen molar-refractivity contribution in [1.29, 1.82) is 0 Å². The predicted octanol–water partition coefficient (Wildman–Crippen LogP) is 3.51. The average Bonchev–Trinajstić information content (AvgIpc) is 2.87. The van der Waals surface area contributed by atoms with E-state index in [1.807, 2.05) is 30.3 Å². The van der Waals surface area contributed by atoms with Gasteiger partial charge < -0.3 is 9.15 Å². The van der Waals surface area contributed by atoms with Crippen LogP contribution in [0.15, 0.2) is 40.8 Å². The zero-order valence-corrected chi connectivity index (χ0v) is 12.9. The Labute approximate surface area is 130 Å². The van der Waals surface area contributed by atoms with Crippen LogP contribution in [0, 0.1) is 6.92 Å². The smallest absolute Gasteiger partial charge is 0.341 e. The molecular formula is C18H20O4. The van der Waals surface area contributed by atoms with Crippen molar-refractivity contribution in [3.8, 4) is 0 Å². The van der Waals surface area contributed by atoms with Gasteiger partial charge in [0.1, 0.15) is 22.9 Å². The Kier molecular flexibility index (Phi) is 5.53. The first kappa shape index (κ1) is 16.0. The Bertz CT molecular complexity index is 640. The summed E-state index contributed by atoms with van der Waals surface area (Å²) in [4.78, 5) is 23.7. The molecule has 0 aliphatic rings. The number of carbonyl (C=O) groups is 2. The third kappa shape index (κ3) is 4.32. The number of hydrogen-bond acceptors (Lipinski definition) is 4. The molecular weight excluding hydrogens is 280 g/mol. The molecule has 0 fully saturated rings. The van der Waals surface area contributed by atoms with E-state index >= 15 is 0 Å². The number of aryl methyl sites for hydroxylation is 2. The van der Waals surface area contributed by atoms with Crippen LogP contribution in [0.3, 0.4) is 0 Å². The first-order valence-electron chi connectivity index (χ1n) is 7.42. The molecule has 0 aliphatic carbocycles. The minimum atomic E-state index is -0.410. The summed E-state index contributed by atoms with van der Waals surface area (Å²) < 4.78 is 10.4. The number of furan rings is 1. The number of ether oxygens (including phenoxy) is 1. The van der Waals surface area contributed by atoms with Gasteiger partial charge >= 0.3 is 5.97 Å². The standard InChI is InChI=1S/C18H20O4/c1-3-21-18(20)17-12-16(22-13(17)2)11-15(19)10-9-14-7-5-4-6-8-14/h4-8,12H,3,9-11H2,1-2H3. The fraction of sp³-hybridized carbons (Fsp3) is 0.333. The fourth-order valence-corrected chi connectivity index (χ4v) is 2.25. The number of carbonyl (C=O) groups excluding carboxylic acids is 2. The molecule has 0 amide bonds. The Morgan fingerprint density at radius 3 is 2.59 bits per heavy atom. The maximum atomic E-state index is 12.0. The lowest BCUT2D eigenvalue weighted by atomic mass is 10.1. The van der Waals surface area contributed by atoms with Gasteiger partial charge in [-0.3, -0.25) is 4.79 Å². The van der Waals surface area contributed by atoms with Crippen molar-refractivity contribution >= 4 is 11.8 Å². The van der Waals surface area contributed by atoms with Gasteiger partial charge in [0.25, 0.3) is 0 Å². The molecule has 0 saturated heterocycles. The summed E-state index contributed by atoms with van der Waals surface area (Å²) in [6, 6.07) is 11.5. The largest absolute Gasteiger partial charge is 0.465 e. The van der Waals surface area contributed by atoms with Crippen LogP contribution in [0.2, 0.25) is 0 Å². The second-order valence-corrected chi connectivity index (χ2v) is 5.10. The van der Waals surface area contributed by atoms with Gasteiger partial charge in [0.05, 0.1) is 13.0 Å². The van der Waals surface area contributed by atoms with E-state index in [1.54, 1.807) is 19.9 Å². The summed E-state index contributed by atoms with van der Waals surface area (Å²) in [6.07, 6.45) is 1.37. The molecule has 22 heavy (non-hydrogen) atoms. The average molecular weight is 300 g/mol. The highest BCUT2D eigenvalue weighted by Gasteiger charge is 2.17. The molecule has 0 spiro atoms. The highest BCUT2D eigenvalue weighted by Crippen LogP contribution is 2.17. The lowest BCUT2D eigenvalue weighted by Gasteiger charge is -2.00. The van der Waals surface area contributed by atoms with Crippen LogP contribution in [0.25, 0.3) is 0 Å². The molecule has 4 nitrogen and oxygen atoms in total. The normalized spacial score (nSPS) is 10.5. The van der Waals surface area contributed by atoms with Gasteiger partial charge in [-0.15, -0.1) is 0 Å². The summed E-state index contributed by atoms with van der Waals surface area (Å²) >= 11 is 0. The van der Waals surface area contributed by atoms with Crippen LogP contribution >= 0.6 is 0 Å². The third-order valence-corrected chi connectivity index (χ3v) is 3.37. The number of esters is 1. The lowest BCUT2D eigenvalue weighted by molar-refractivity contribution is -0.118. The lowest BCUT2D eigenvalue weighted by Crippen LogP contribution is -2.05.